The summed E-state index contributed by atoms with van der Waals surface area (Å²) in [5.41, 5.74) is 3.04. The Morgan fingerprint density at radius 2 is 1.52 bits per heavy atom. The summed E-state index contributed by atoms with van der Waals surface area (Å²) in [6.45, 7) is 0.481. The zero-order valence-electron chi connectivity index (χ0n) is 17.3. The Bertz CT molecular complexity index is 1270. The van der Waals surface area contributed by atoms with Crippen LogP contribution < -0.4 is 4.74 Å². The fourth-order valence-electron chi connectivity index (χ4n) is 4.06. The molecule has 5 rings (SSSR count). The normalized spacial score (nSPS) is 12.6. The SMILES string of the molecule is COC(CO)CCOc1ccc(-c2nc3c4ccccc4c4ccccc4c3[nH]2)cc1. The number of fused-ring (bicyclic) bond motifs is 6. The highest BCUT2D eigenvalue weighted by Crippen LogP contribution is 2.35. The smallest absolute Gasteiger partial charge is 0.138 e. The van der Waals surface area contributed by atoms with Crippen LogP contribution in [0.15, 0.2) is 72.8 Å². The summed E-state index contributed by atoms with van der Waals surface area (Å²) in [4.78, 5) is 8.50. The number of hydrogen-bond donors (Lipinski definition) is 2. The predicted octanol–water partition coefficient (Wildman–Crippen LogP) is 5.31. The fraction of sp³-hybridized carbons (Fsp3) is 0.192. The molecule has 156 valence electrons. The highest BCUT2D eigenvalue weighted by atomic mass is 16.5. The van der Waals surface area contributed by atoms with Crippen LogP contribution in [0.1, 0.15) is 6.42 Å². The molecule has 31 heavy (non-hydrogen) atoms. The summed E-state index contributed by atoms with van der Waals surface area (Å²) in [5, 5.41) is 13.9. The summed E-state index contributed by atoms with van der Waals surface area (Å²) in [6, 6.07) is 24.8. The zero-order valence-corrected chi connectivity index (χ0v) is 17.3. The molecule has 1 heterocycles. The molecule has 0 radical (unpaired) electrons. The lowest BCUT2D eigenvalue weighted by Crippen LogP contribution is -2.18. The first-order valence-electron chi connectivity index (χ1n) is 10.4. The topological polar surface area (TPSA) is 67.4 Å². The maximum Gasteiger partial charge on any atom is 0.138 e. The molecular weight excluding hydrogens is 388 g/mol. The second-order valence-electron chi connectivity index (χ2n) is 7.60. The average molecular weight is 412 g/mol. The van der Waals surface area contributed by atoms with Gasteiger partial charge in [-0.25, -0.2) is 4.98 Å². The second kappa shape index (κ2) is 8.38. The van der Waals surface area contributed by atoms with E-state index in [0.29, 0.717) is 13.0 Å². The average Bonchev–Trinajstić information content (AvgIpc) is 3.28. The first-order valence-corrected chi connectivity index (χ1v) is 10.4. The minimum atomic E-state index is -0.195. The summed E-state index contributed by atoms with van der Waals surface area (Å²) < 4.78 is 10.9. The van der Waals surface area contributed by atoms with E-state index in [-0.39, 0.29) is 12.7 Å². The lowest BCUT2D eigenvalue weighted by Gasteiger charge is -2.12. The molecule has 1 aromatic heterocycles. The van der Waals surface area contributed by atoms with Gasteiger partial charge >= 0.3 is 0 Å². The Balaban J connectivity index is 1.48. The number of H-pyrrole nitrogens is 1. The van der Waals surface area contributed by atoms with Crippen molar-refractivity contribution in [3.63, 3.8) is 0 Å². The van der Waals surface area contributed by atoms with E-state index in [9.17, 15) is 5.11 Å². The van der Waals surface area contributed by atoms with Crippen molar-refractivity contribution in [2.75, 3.05) is 20.3 Å². The van der Waals surface area contributed by atoms with Crippen LogP contribution in [0.5, 0.6) is 5.75 Å². The molecule has 0 amide bonds. The van der Waals surface area contributed by atoms with Gasteiger partial charge in [-0.2, -0.15) is 0 Å². The second-order valence-corrected chi connectivity index (χ2v) is 7.60. The van der Waals surface area contributed by atoms with Gasteiger partial charge in [0.05, 0.1) is 30.4 Å². The van der Waals surface area contributed by atoms with E-state index >= 15 is 0 Å². The van der Waals surface area contributed by atoms with Gasteiger partial charge in [-0.1, -0.05) is 48.5 Å². The summed E-state index contributed by atoms with van der Waals surface area (Å²) in [7, 11) is 1.59. The third kappa shape index (κ3) is 3.63. The largest absolute Gasteiger partial charge is 0.493 e. The first kappa shape index (κ1) is 19.5. The van der Waals surface area contributed by atoms with Crippen LogP contribution in [0.4, 0.5) is 0 Å². The summed E-state index contributed by atoms with van der Waals surface area (Å²) in [5.74, 6) is 1.62. The number of nitrogens with zero attached hydrogens (tertiary/aromatic N) is 1. The number of ether oxygens (including phenoxy) is 2. The van der Waals surface area contributed by atoms with E-state index < -0.39 is 0 Å². The highest BCUT2D eigenvalue weighted by Gasteiger charge is 2.13. The van der Waals surface area contributed by atoms with Crippen molar-refractivity contribution >= 4 is 32.6 Å². The minimum absolute atomic E-state index is 0.00574. The lowest BCUT2D eigenvalue weighted by molar-refractivity contribution is 0.0340. The molecule has 1 unspecified atom stereocenters. The molecule has 0 bridgehead atoms. The monoisotopic (exact) mass is 412 g/mol. The predicted molar refractivity (Wildman–Crippen MR) is 125 cm³/mol. The summed E-state index contributed by atoms with van der Waals surface area (Å²) >= 11 is 0. The molecule has 0 saturated carbocycles. The van der Waals surface area contributed by atoms with Crippen LogP contribution in [0.2, 0.25) is 0 Å². The number of rotatable bonds is 7. The molecule has 0 saturated heterocycles. The quantitative estimate of drug-likeness (QED) is 0.355. The van der Waals surface area contributed by atoms with Crippen LogP contribution in [0.25, 0.3) is 44.0 Å². The Labute approximate surface area is 180 Å². The number of imidazole rings is 1. The van der Waals surface area contributed by atoms with Gasteiger partial charge in [-0.3, -0.25) is 0 Å². The fourth-order valence-corrected chi connectivity index (χ4v) is 4.06. The van der Waals surface area contributed by atoms with Crippen LogP contribution in [0.3, 0.4) is 0 Å². The number of aromatic amines is 1. The van der Waals surface area contributed by atoms with Crippen molar-refractivity contribution in [3.05, 3.63) is 72.8 Å². The Hall–Kier alpha value is -3.41. The maximum absolute atomic E-state index is 9.19. The van der Waals surface area contributed by atoms with Crippen molar-refractivity contribution in [1.29, 1.82) is 0 Å². The van der Waals surface area contributed by atoms with Gasteiger partial charge in [-0.15, -0.1) is 0 Å². The standard InChI is InChI=1S/C26H24N2O3/c1-30-19(16-29)14-15-31-18-12-10-17(11-13-18)26-27-24-22-8-4-2-6-20(22)21-7-3-5-9-23(21)25(24)28-26/h2-13,19,29H,14-16H2,1H3,(H,27,28). The van der Waals surface area contributed by atoms with Crippen LogP contribution in [0, 0.1) is 0 Å². The molecule has 0 spiro atoms. The van der Waals surface area contributed by atoms with Gasteiger partial charge < -0.3 is 19.6 Å². The third-order valence-corrected chi connectivity index (χ3v) is 5.75. The van der Waals surface area contributed by atoms with E-state index in [1.54, 1.807) is 7.11 Å². The Morgan fingerprint density at radius 1 is 0.871 bits per heavy atom. The van der Waals surface area contributed by atoms with Crippen LogP contribution in [-0.4, -0.2) is 41.5 Å². The van der Waals surface area contributed by atoms with Crippen LogP contribution >= 0.6 is 0 Å². The zero-order chi connectivity index (χ0) is 21.2. The van der Waals surface area contributed by atoms with Gasteiger partial charge in [0.1, 0.15) is 11.6 Å². The van der Waals surface area contributed by atoms with Crippen molar-refractivity contribution < 1.29 is 14.6 Å². The molecule has 2 N–H and O–H groups in total. The Morgan fingerprint density at radius 3 is 2.19 bits per heavy atom. The van der Waals surface area contributed by atoms with Gasteiger partial charge in [0, 0.05) is 29.9 Å². The van der Waals surface area contributed by atoms with Gasteiger partial charge in [-0.05, 0) is 35.0 Å². The minimum Gasteiger partial charge on any atom is -0.493 e. The molecule has 0 aliphatic heterocycles. The highest BCUT2D eigenvalue weighted by molar-refractivity contribution is 6.23. The van der Waals surface area contributed by atoms with Crippen LogP contribution in [-0.2, 0) is 4.74 Å². The lowest BCUT2D eigenvalue weighted by atomic mass is 10.0. The van der Waals surface area contributed by atoms with Gasteiger partial charge in [0.25, 0.3) is 0 Å². The van der Waals surface area contributed by atoms with E-state index in [0.717, 1.165) is 33.6 Å². The number of nitrogens with one attached hydrogen (secondary N) is 1. The number of methoxy groups -OCH3 is 1. The number of aromatic nitrogens is 2. The van der Waals surface area contributed by atoms with E-state index in [1.165, 1.54) is 16.2 Å². The van der Waals surface area contributed by atoms with Crippen molar-refractivity contribution in [2.24, 2.45) is 0 Å². The molecule has 0 aliphatic rings. The van der Waals surface area contributed by atoms with Crippen molar-refractivity contribution in [3.8, 4) is 17.1 Å². The van der Waals surface area contributed by atoms with E-state index in [1.807, 2.05) is 24.3 Å². The molecule has 4 aromatic carbocycles. The van der Waals surface area contributed by atoms with E-state index in [2.05, 4.69) is 53.5 Å². The molecule has 0 aliphatic carbocycles. The molecule has 1 atom stereocenters. The van der Waals surface area contributed by atoms with Gasteiger partial charge in [0.15, 0.2) is 0 Å². The molecule has 0 fully saturated rings. The third-order valence-electron chi connectivity index (χ3n) is 5.75. The summed E-state index contributed by atoms with van der Waals surface area (Å²) in [6.07, 6.45) is 0.442. The number of aliphatic hydroxyl groups is 1. The van der Waals surface area contributed by atoms with Gasteiger partial charge in [0.2, 0.25) is 0 Å². The molecule has 5 nitrogen and oxygen atoms in total. The number of aliphatic hydroxyl groups excluding tert-OH is 1. The number of benzene rings is 4. The molecular formula is C26H24N2O3. The molecule has 5 heteroatoms. The number of hydrogen-bond acceptors (Lipinski definition) is 4. The van der Waals surface area contributed by atoms with Crippen molar-refractivity contribution in [2.45, 2.75) is 12.5 Å². The Kier molecular flexibility index (Phi) is 5.28. The molecule has 5 aromatic rings. The first-order chi connectivity index (χ1) is 15.3. The van der Waals surface area contributed by atoms with E-state index in [4.69, 9.17) is 14.5 Å². The maximum atomic E-state index is 9.19. The van der Waals surface area contributed by atoms with Crippen molar-refractivity contribution in [1.82, 2.24) is 9.97 Å².